The normalized spacial score (nSPS) is 15.8. The molecule has 24 heavy (non-hydrogen) atoms. The summed E-state index contributed by atoms with van der Waals surface area (Å²) in [7, 11) is 0. The Bertz CT molecular complexity index is 649. The van der Waals surface area contributed by atoms with Crippen molar-refractivity contribution in [1.29, 1.82) is 0 Å². The second-order valence-electron chi connectivity index (χ2n) is 6.17. The highest BCUT2D eigenvalue weighted by atomic mass is 16.5. The molecule has 0 aliphatic carbocycles. The first-order chi connectivity index (χ1) is 11.7. The van der Waals surface area contributed by atoms with E-state index in [1.165, 1.54) is 16.7 Å². The van der Waals surface area contributed by atoms with E-state index in [9.17, 15) is 4.79 Å². The van der Waals surface area contributed by atoms with Crippen LogP contribution in [0.3, 0.4) is 0 Å². The first-order valence-electron chi connectivity index (χ1n) is 8.50. The Labute approximate surface area is 143 Å². The summed E-state index contributed by atoms with van der Waals surface area (Å²) >= 11 is 0. The van der Waals surface area contributed by atoms with E-state index < -0.39 is 0 Å². The molecule has 126 valence electrons. The summed E-state index contributed by atoms with van der Waals surface area (Å²) < 4.78 is 5.27. The van der Waals surface area contributed by atoms with Gasteiger partial charge in [0.25, 0.3) is 0 Å². The van der Waals surface area contributed by atoms with E-state index in [1.54, 1.807) is 0 Å². The molecule has 1 aliphatic heterocycles. The molecule has 0 bridgehead atoms. The average molecular weight is 324 g/mol. The molecule has 0 aromatic heterocycles. The summed E-state index contributed by atoms with van der Waals surface area (Å²) in [4.78, 5) is 13.9. The lowest BCUT2D eigenvalue weighted by Crippen LogP contribution is -2.46. The lowest BCUT2D eigenvalue weighted by atomic mass is 9.97. The lowest BCUT2D eigenvalue weighted by molar-refractivity contribution is 0.0532. The van der Waals surface area contributed by atoms with Crippen LogP contribution in [-0.2, 0) is 4.74 Å². The number of urea groups is 1. The molecule has 4 heteroatoms. The largest absolute Gasteiger partial charge is 0.378 e. The maximum atomic E-state index is 12.1. The van der Waals surface area contributed by atoms with Crippen molar-refractivity contribution >= 4 is 6.03 Å². The molecule has 4 nitrogen and oxygen atoms in total. The van der Waals surface area contributed by atoms with Crippen molar-refractivity contribution in [3.8, 4) is 11.1 Å². The molecule has 2 aromatic rings. The number of carbonyl (C=O) groups excluding carboxylic acids is 1. The number of benzene rings is 2. The SMILES string of the molecule is CC(CNC(=O)N1CCOCC1)c1ccc(-c2ccccc2)cc1. The Kier molecular flexibility index (Phi) is 5.49. The van der Waals surface area contributed by atoms with Gasteiger partial charge in [0.05, 0.1) is 13.2 Å². The molecule has 1 unspecified atom stereocenters. The van der Waals surface area contributed by atoms with Gasteiger partial charge in [-0.2, -0.15) is 0 Å². The van der Waals surface area contributed by atoms with Gasteiger partial charge in [-0.1, -0.05) is 61.5 Å². The van der Waals surface area contributed by atoms with Gasteiger partial charge in [-0.3, -0.25) is 0 Å². The van der Waals surface area contributed by atoms with Crippen molar-refractivity contribution in [3.63, 3.8) is 0 Å². The Hall–Kier alpha value is -2.33. The predicted octanol–water partition coefficient (Wildman–Crippen LogP) is 3.50. The predicted molar refractivity (Wildman–Crippen MR) is 96.1 cm³/mol. The zero-order valence-electron chi connectivity index (χ0n) is 14.1. The number of hydrogen-bond acceptors (Lipinski definition) is 2. The standard InChI is InChI=1S/C20H24N2O2/c1-16(15-21-20(23)22-11-13-24-14-12-22)17-7-9-19(10-8-17)18-5-3-2-4-6-18/h2-10,16H,11-15H2,1H3,(H,21,23). The van der Waals surface area contributed by atoms with Gasteiger partial charge in [-0.25, -0.2) is 4.79 Å². The van der Waals surface area contributed by atoms with E-state index in [1.807, 2.05) is 23.1 Å². The zero-order valence-corrected chi connectivity index (χ0v) is 14.1. The van der Waals surface area contributed by atoms with Gasteiger partial charge < -0.3 is 15.0 Å². The second-order valence-corrected chi connectivity index (χ2v) is 6.17. The van der Waals surface area contributed by atoms with Crippen molar-refractivity contribution in [2.45, 2.75) is 12.8 Å². The van der Waals surface area contributed by atoms with Crippen molar-refractivity contribution < 1.29 is 9.53 Å². The smallest absolute Gasteiger partial charge is 0.317 e. The molecule has 1 heterocycles. The summed E-state index contributed by atoms with van der Waals surface area (Å²) in [6.07, 6.45) is 0. The molecule has 2 amide bonds. The van der Waals surface area contributed by atoms with Crippen LogP contribution in [-0.4, -0.2) is 43.8 Å². The van der Waals surface area contributed by atoms with Crippen molar-refractivity contribution in [1.82, 2.24) is 10.2 Å². The minimum absolute atomic E-state index is 0.00561. The Morgan fingerprint density at radius 3 is 2.33 bits per heavy atom. The van der Waals surface area contributed by atoms with E-state index in [2.05, 4.69) is 48.6 Å². The van der Waals surface area contributed by atoms with Gasteiger partial charge in [0, 0.05) is 19.6 Å². The summed E-state index contributed by atoms with van der Waals surface area (Å²) in [6, 6.07) is 18.9. The van der Waals surface area contributed by atoms with Crippen LogP contribution >= 0.6 is 0 Å². The van der Waals surface area contributed by atoms with E-state index in [0.717, 1.165) is 0 Å². The molecule has 3 rings (SSSR count). The number of carbonyl (C=O) groups is 1. The van der Waals surface area contributed by atoms with Crippen LogP contribution in [0.25, 0.3) is 11.1 Å². The third-order valence-electron chi connectivity index (χ3n) is 4.44. The summed E-state index contributed by atoms with van der Waals surface area (Å²) in [5, 5.41) is 3.03. The van der Waals surface area contributed by atoms with Crippen LogP contribution < -0.4 is 5.32 Å². The van der Waals surface area contributed by atoms with E-state index in [4.69, 9.17) is 4.74 Å². The maximum absolute atomic E-state index is 12.1. The molecule has 0 saturated carbocycles. The van der Waals surface area contributed by atoms with Crippen LogP contribution in [0.4, 0.5) is 4.79 Å². The van der Waals surface area contributed by atoms with Crippen LogP contribution in [0.2, 0.25) is 0 Å². The monoisotopic (exact) mass is 324 g/mol. The van der Waals surface area contributed by atoms with Crippen LogP contribution in [0, 0.1) is 0 Å². The Morgan fingerprint density at radius 1 is 1.04 bits per heavy atom. The Balaban J connectivity index is 1.55. The minimum atomic E-state index is 0.00561. The molecule has 1 aliphatic rings. The highest BCUT2D eigenvalue weighted by Gasteiger charge is 2.17. The minimum Gasteiger partial charge on any atom is -0.378 e. The molecular formula is C20H24N2O2. The highest BCUT2D eigenvalue weighted by Crippen LogP contribution is 2.22. The lowest BCUT2D eigenvalue weighted by Gasteiger charge is -2.27. The molecule has 1 atom stereocenters. The van der Waals surface area contributed by atoms with Crippen LogP contribution in [0.5, 0.6) is 0 Å². The van der Waals surface area contributed by atoms with Gasteiger partial charge in [-0.05, 0) is 22.6 Å². The number of rotatable bonds is 4. The zero-order chi connectivity index (χ0) is 16.8. The van der Waals surface area contributed by atoms with E-state index in [0.29, 0.717) is 32.8 Å². The van der Waals surface area contributed by atoms with Gasteiger partial charge in [0.15, 0.2) is 0 Å². The van der Waals surface area contributed by atoms with Crippen molar-refractivity contribution in [2.24, 2.45) is 0 Å². The molecular weight excluding hydrogens is 300 g/mol. The third-order valence-corrected chi connectivity index (χ3v) is 4.44. The second kappa shape index (κ2) is 7.97. The van der Waals surface area contributed by atoms with Crippen molar-refractivity contribution in [3.05, 3.63) is 60.2 Å². The molecule has 2 aromatic carbocycles. The molecule has 0 spiro atoms. The number of hydrogen-bond donors (Lipinski definition) is 1. The summed E-state index contributed by atoms with van der Waals surface area (Å²) in [6.45, 7) is 5.38. The van der Waals surface area contributed by atoms with Crippen molar-refractivity contribution in [2.75, 3.05) is 32.8 Å². The first kappa shape index (κ1) is 16.5. The highest BCUT2D eigenvalue weighted by molar-refractivity contribution is 5.74. The van der Waals surface area contributed by atoms with Gasteiger partial charge in [-0.15, -0.1) is 0 Å². The Morgan fingerprint density at radius 2 is 1.67 bits per heavy atom. The number of amides is 2. The maximum Gasteiger partial charge on any atom is 0.317 e. The van der Waals surface area contributed by atoms with Gasteiger partial charge in [0.1, 0.15) is 0 Å². The number of nitrogens with zero attached hydrogens (tertiary/aromatic N) is 1. The number of morpholine rings is 1. The van der Waals surface area contributed by atoms with Gasteiger partial charge in [0.2, 0.25) is 0 Å². The fourth-order valence-electron chi connectivity index (χ4n) is 2.87. The molecule has 1 saturated heterocycles. The van der Waals surface area contributed by atoms with Crippen LogP contribution in [0.15, 0.2) is 54.6 Å². The van der Waals surface area contributed by atoms with E-state index >= 15 is 0 Å². The first-order valence-corrected chi connectivity index (χ1v) is 8.50. The summed E-state index contributed by atoms with van der Waals surface area (Å²) in [5.74, 6) is 0.278. The fourth-order valence-corrected chi connectivity index (χ4v) is 2.87. The quantitative estimate of drug-likeness (QED) is 0.935. The van der Waals surface area contributed by atoms with Crippen LogP contribution in [0.1, 0.15) is 18.4 Å². The topological polar surface area (TPSA) is 41.6 Å². The van der Waals surface area contributed by atoms with Gasteiger partial charge >= 0.3 is 6.03 Å². The molecule has 1 fully saturated rings. The average Bonchev–Trinajstić information content (AvgIpc) is 2.67. The summed E-state index contributed by atoms with van der Waals surface area (Å²) in [5.41, 5.74) is 3.66. The molecule has 0 radical (unpaired) electrons. The fraction of sp³-hybridized carbons (Fsp3) is 0.350. The molecule has 1 N–H and O–H groups in total. The third kappa shape index (κ3) is 4.15. The van der Waals surface area contributed by atoms with E-state index in [-0.39, 0.29) is 11.9 Å². The number of ether oxygens (including phenoxy) is 1. The number of nitrogens with one attached hydrogen (secondary N) is 1.